The molecular weight excluding hydrogens is 336 g/mol. The van der Waals surface area contributed by atoms with Crippen LogP contribution in [-0.2, 0) is 11.2 Å². The van der Waals surface area contributed by atoms with Crippen molar-refractivity contribution in [1.29, 1.82) is 0 Å². The highest BCUT2D eigenvalue weighted by atomic mass is 79.9. The Labute approximate surface area is 133 Å². The summed E-state index contributed by atoms with van der Waals surface area (Å²) in [6, 6.07) is 8.38. The van der Waals surface area contributed by atoms with E-state index in [2.05, 4.69) is 51.7 Å². The summed E-state index contributed by atoms with van der Waals surface area (Å²) in [5.41, 5.74) is 1.31. The Kier molecular flexibility index (Phi) is 6.39. The van der Waals surface area contributed by atoms with Crippen LogP contribution in [0.1, 0.15) is 18.9 Å². The summed E-state index contributed by atoms with van der Waals surface area (Å²) in [4.78, 5) is 12.0. The molecule has 1 aliphatic rings. The van der Waals surface area contributed by atoms with Gasteiger partial charge in [-0.05, 0) is 30.0 Å². The highest BCUT2D eigenvalue weighted by Crippen LogP contribution is 2.17. The number of thioether (sulfide) groups is 1. The van der Waals surface area contributed by atoms with Crippen molar-refractivity contribution >= 4 is 33.6 Å². The third-order valence-electron chi connectivity index (χ3n) is 3.59. The highest BCUT2D eigenvalue weighted by Gasteiger charge is 2.22. The molecule has 0 aliphatic carbocycles. The van der Waals surface area contributed by atoms with E-state index in [0.717, 1.165) is 35.5 Å². The molecule has 3 nitrogen and oxygen atoms in total. The monoisotopic (exact) mass is 356 g/mol. The summed E-state index contributed by atoms with van der Waals surface area (Å²) in [5.74, 6) is 2.40. The second-order valence-electron chi connectivity index (χ2n) is 5.13. The Morgan fingerprint density at radius 1 is 1.60 bits per heavy atom. The number of hydrogen-bond donors (Lipinski definition) is 2. The predicted octanol–water partition coefficient (Wildman–Crippen LogP) is 2.80. The zero-order valence-electron chi connectivity index (χ0n) is 11.7. The molecule has 5 heteroatoms. The van der Waals surface area contributed by atoms with Crippen LogP contribution >= 0.6 is 27.7 Å². The Balaban J connectivity index is 1.81. The fourth-order valence-corrected chi connectivity index (χ4v) is 3.68. The van der Waals surface area contributed by atoms with Gasteiger partial charge in [-0.15, -0.1) is 11.8 Å². The molecule has 1 aromatic rings. The summed E-state index contributed by atoms with van der Waals surface area (Å²) < 4.78 is 1.11. The number of carbonyl (C=O) groups is 1. The van der Waals surface area contributed by atoms with Gasteiger partial charge < -0.3 is 5.32 Å². The summed E-state index contributed by atoms with van der Waals surface area (Å²) in [6.07, 6.45) is 2.07. The van der Waals surface area contributed by atoms with Gasteiger partial charge in [0.15, 0.2) is 0 Å². The molecule has 1 fully saturated rings. The quantitative estimate of drug-likeness (QED) is 0.823. The van der Waals surface area contributed by atoms with Crippen molar-refractivity contribution in [2.24, 2.45) is 5.92 Å². The van der Waals surface area contributed by atoms with Gasteiger partial charge in [-0.1, -0.05) is 41.4 Å². The van der Waals surface area contributed by atoms with E-state index >= 15 is 0 Å². The number of rotatable bonds is 6. The molecule has 0 bridgehead atoms. The van der Waals surface area contributed by atoms with Gasteiger partial charge in [0, 0.05) is 22.6 Å². The maximum absolute atomic E-state index is 12.0. The first kappa shape index (κ1) is 15.9. The maximum Gasteiger partial charge on any atom is 0.238 e. The first-order chi connectivity index (χ1) is 9.69. The lowest BCUT2D eigenvalue weighted by atomic mass is 9.97. The molecule has 1 aromatic carbocycles. The maximum atomic E-state index is 12.0. The summed E-state index contributed by atoms with van der Waals surface area (Å²) in [6.45, 7) is 2.93. The normalized spacial score (nSPS) is 19.8. The number of hydrogen-bond acceptors (Lipinski definition) is 3. The van der Waals surface area contributed by atoms with Crippen LogP contribution in [0.25, 0.3) is 0 Å². The second kappa shape index (κ2) is 8.05. The topological polar surface area (TPSA) is 41.1 Å². The smallest absolute Gasteiger partial charge is 0.238 e. The molecule has 1 aliphatic heterocycles. The number of halogens is 1. The first-order valence-electron chi connectivity index (χ1n) is 7.02. The van der Waals surface area contributed by atoms with E-state index in [1.165, 1.54) is 5.56 Å². The van der Waals surface area contributed by atoms with E-state index in [0.29, 0.717) is 5.92 Å². The highest BCUT2D eigenvalue weighted by molar-refractivity contribution is 9.10. The molecule has 20 heavy (non-hydrogen) atoms. The fourth-order valence-electron chi connectivity index (χ4n) is 2.29. The Bertz CT molecular complexity index is 449. The minimum Gasteiger partial charge on any atom is -0.354 e. The van der Waals surface area contributed by atoms with Crippen molar-refractivity contribution < 1.29 is 4.79 Å². The molecule has 0 saturated carbocycles. The van der Waals surface area contributed by atoms with Crippen LogP contribution in [-0.4, -0.2) is 30.1 Å². The predicted molar refractivity (Wildman–Crippen MR) is 88.9 cm³/mol. The molecule has 2 atom stereocenters. The lowest BCUT2D eigenvalue weighted by Gasteiger charge is -2.17. The standard InChI is InChI=1S/C15H21BrN2OS/c1-2-11(6-12-4-3-5-13(16)7-12)8-17-15(19)14-9-20-10-18-14/h3-5,7,11,14,18H,2,6,8-10H2,1H3,(H,17,19). The van der Waals surface area contributed by atoms with Crippen molar-refractivity contribution in [2.45, 2.75) is 25.8 Å². The molecule has 0 spiro atoms. The van der Waals surface area contributed by atoms with E-state index in [1.807, 2.05) is 6.07 Å². The van der Waals surface area contributed by atoms with E-state index < -0.39 is 0 Å². The molecule has 0 aromatic heterocycles. The summed E-state index contributed by atoms with van der Waals surface area (Å²) in [7, 11) is 0. The van der Waals surface area contributed by atoms with Crippen LogP contribution in [0.3, 0.4) is 0 Å². The van der Waals surface area contributed by atoms with Gasteiger partial charge in [0.2, 0.25) is 5.91 Å². The zero-order chi connectivity index (χ0) is 14.4. The minimum atomic E-state index is -0.0108. The number of benzene rings is 1. The lowest BCUT2D eigenvalue weighted by molar-refractivity contribution is -0.122. The third-order valence-corrected chi connectivity index (χ3v) is 5.02. The van der Waals surface area contributed by atoms with Gasteiger partial charge in [-0.25, -0.2) is 0 Å². The number of carbonyl (C=O) groups excluding carboxylic acids is 1. The molecular formula is C15H21BrN2OS. The van der Waals surface area contributed by atoms with E-state index in [9.17, 15) is 4.79 Å². The molecule has 2 rings (SSSR count). The molecule has 2 unspecified atom stereocenters. The fraction of sp³-hybridized carbons (Fsp3) is 0.533. The van der Waals surface area contributed by atoms with Crippen molar-refractivity contribution in [3.05, 3.63) is 34.3 Å². The van der Waals surface area contributed by atoms with Crippen LogP contribution in [0, 0.1) is 5.92 Å². The minimum absolute atomic E-state index is 0.0108. The average molecular weight is 357 g/mol. The van der Waals surface area contributed by atoms with Crippen molar-refractivity contribution in [3.63, 3.8) is 0 Å². The van der Waals surface area contributed by atoms with Crippen molar-refractivity contribution in [3.8, 4) is 0 Å². The van der Waals surface area contributed by atoms with Gasteiger partial charge in [0.1, 0.15) is 0 Å². The molecule has 110 valence electrons. The van der Waals surface area contributed by atoms with E-state index in [-0.39, 0.29) is 11.9 Å². The van der Waals surface area contributed by atoms with Crippen molar-refractivity contribution in [2.75, 3.05) is 18.2 Å². The van der Waals surface area contributed by atoms with Gasteiger partial charge in [0.25, 0.3) is 0 Å². The lowest BCUT2D eigenvalue weighted by Crippen LogP contribution is -2.43. The molecule has 0 radical (unpaired) electrons. The Morgan fingerprint density at radius 2 is 2.45 bits per heavy atom. The van der Waals surface area contributed by atoms with Gasteiger partial charge in [-0.3, -0.25) is 10.1 Å². The second-order valence-corrected chi connectivity index (χ2v) is 7.07. The van der Waals surface area contributed by atoms with E-state index in [4.69, 9.17) is 0 Å². The molecule has 1 saturated heterocycles. The van der Waals surface area contributed by atoms with Gasteiger partial charge in [-0.2, -0.15) is 0 Å². The Morgan fingerprint density at radius 3 is 3.10 bits per heavy atom. The van der Waals surface area contributed by atoms with Crippen LogP contribution in [0.4, 0.5) is 0 Å². The van der Waals surface area contributed by atoms with Gasteiger partial charge in [0.05, 0.1) is 6.04 Å². The number of nitrogens with one attached hydrogen (secondary N) is 2. The summed E-state index contributed by atoms with van der Waals surface area (Å²) in [5, 5.41) is 6.28. The summed E-state index contributed by atoms with van der Waals surface area (Å²) >= 11 is 5.28. The van der Waals surface area contributed by atoms with Crippen LogP contribution in [0.5, 0.6) is 0 Å². The van der Waals surface area contributed by atoms with Crippen molar-refractivity contribution in [1.82, 2.24) is 10.6 Å². The van der Waals surface area contributed by atoms with Crippen LogP contribution < -0.4 is 10.6 Å². The van der Waals surface area contributed by atoms with E-state index in [1.54, 1.807) is 11.8 Å². The van der Waals surface area contributed by atoms with Crippen LogP contribution in [0.15, 0.2) is 28.7 Å². The largest absolute Gasteiger partial charge is 0.354 e. The molecule has 1 amide bonds. The van der Waals surface area contributed by atoms with Gasteiger partial charge >= 0.3 is 0 Å². The zero-order valence-corrected chi connectivity index (χ0v) is 14.1. The van der Waals surface area contributed by atoms with Crippen LogP contribution in [0.2, 0.25) is 0 Å². The third kappa shape index (κ3) is 4.79. The molecule has 2 N–H and O–H groups in total. The Hall–Kier alpha value is -0.520. The first-order valence-corrected chi connectivity index (χ1v) is 8.97. The SMILES string of the molecule is CCC(CNC(=O)C1CSCN1)Cc1cccc(Br)c1. The number of amides is 1. The average Bonchev–Trinajstić information content (AvgIpc) is 2.97. The molecule has 1 heterocycles.